The second-order valence-electron chi connectivity index (χ2n) is 6.09. The average molecular weight is 398 g/mol. The third-order valence-electron chi connectivity index (χ3n) is 4.17. The molecule has 6 heteroatoms. The van der Waals surface area contributed by atoms with Crippen LogP contribution in [0.3, 0.4) is 0 Å². The fourth-order valence-electron chi connectivity index (χ4n) is 2.73. The molecule has 0 amide bonds. The summed E-state index contributed by atoms with van der Waals surface area (Å²) in [5, 5.41) is 8.97. The van der Waals surface area contributed by atoms with Crippen LogP contribution in [0.2, 0.25) is 0 Å². The number of thioether (sulfide) groups is 1. The smallest absolute Gasteiger partial charge is 0.336 e. The van der Waals surface area contributed by atoms with Gasteiger partial charge in [0.15, 0.2) is 5.78 Å². The number of aromatic carboxylic acids is 1. The van der Waals surface area contributed by atoms with E-state index in [2.05, 4.69) is 0 Å². The highest BCUT2D eigenvalue weighted by atomic mass is 32.2. The Bertz CT molecular complexity index is 985. The predicted molar refractivity (Wildman–Crippen MR) is 104 cm³/mol. The van der Waals surface area contributed by atoms with Gasteiger partial charge in [0.25, 0.3) is 0 Å². The van der Waals surface area contributed by atoms with Gasteiger partial charge in [-0.05, 0) is 54.1 Å². The van der Waals surface area contributed by atoms with E-state index in [1.165, 1.54) is 54.2 Å². The van der Waals surface area contributed by atoms with Gasteiger partial charge in [-0.2, -0.15) is 0 Å². The zero-order valence-electron chi connectivity index (χ0n) is 14.6. The van der Waals surface area contributed by atoms with Gasteiger partial charge in [-0.3, -0.25) is 4.79 Å². The summed E-state index contributed by atoms with van der Waals surface area (Å²) in [5.41, 5.74) is 1.19. The molecular weight excluding hydrogens is 382 g/mol. The SMILES string of the molecule is O=C(C[C@H](Sc1ccccc1C(=O)O)c1ccc(F)cc1)c1ccc(F)cc1. The van der Waals surface area contributed by atoms with E-state index in [-0.39, 0.29) is 17.8 Å². The number of carboxylic acid groups (broad SMARTS) is 1. The molecule has 0 aliphatic rings. The number of halogens is 2. The normalized spacial score (nSPS) is 11.8. The lowest BCUT2D eigenvalue weighted by molar-refractivity contribution is 0.0693. The Kier molecular flexibility index (Phi) is 6.21. The third-order valence-corrected chi connectivity index (χ3v) is 5.50. The molecule has 0 fully saturated rings. The molecule has 0 heterocycles. The van der Waals surface area contributed by atoms with Crippen molar-refractivity contribution in [1.29, 1.82) is 0 Å². The first-order valence-electron chi connectivity index (χ1n) is 8.47. The quantitative estimate of drug-likeness (QED) is 0.406. The Morgan fingerprint density at radius 2 is 1.43 bits per heavy atom. The first kappa shape index (κ1) is 19.8. The Hall–Kier alpha value is -2.99. The highest BCUT2D eigenvalue weighted by Gasteiger charge is 2.21. The minimum Gasteiger partial charge on any atom is -0.478 e. The first-order valence-corrected chi connectivity index (χ1v) is 9.35. The standard InChI is InChI=1S/C22H16F2O3S/c23-16-9-5-14(6-10-16)19(25)13-21(15-7-11-17(24)12-8-15)28-20-4-2-1-3-18(20)22(26)27/h1-12,21H,13H2,(H,26,27)/t21-/m0/s1. The monoisotopic (exact) mass is 398 g/mol. The van der Waals surface area contributed by atoms with Gasteiger partial charge in [-0.15, -0.1) is 11.8 Å². The fraction of sp³-hybridized carbons (Fsp3) is 0.0909. The summed E-state index contributed by atoms with van der Waals surface area (Å²) in [6, 6.07) is 17.5. The molecule has 0 unspecified atom stereocenters. The Balaban J connectivity index is 1.91. The van der Waals surface area contributed by atoms with E-state index in [4.69, 9.17) is 0 Å². The van der Waals surface area contributed by atoms with Crippen molar-refractivity contribution in [2.75, 3.05) is 0 Å². The van der Waals surface area contributed by atoms with Gasteiger partial charge in [0.05, 0.1) is 5.56 Å². The molecule has 3 nitrogen and oxygen atoms in total. The van der Waals surface area contributed by atoms with Crippen LogP contribution in [0.5, 0.6) is 0 Å². The van der Waals surface area contributed by atoms with E-state index in [1.807, 2.05) is 0 Å². The number of rotatable bonds is 7. The zero-order chi connectivity index (χ0) is 20.1. The van der Waals surface area contributed by atoms with E-state index in [1.54, 1.807) is 30.3 Å². The zero-order valence-corrected chi connectivity index (χ0v) is 15.5. The van der Waals surface area contributed by atoms with Gasteiger partial charge in [-0.1, -0.05) is 24.3 Å². The summed E-state index contributed by atoms with van der Waals surface area (Å²) in [4.78, 5) is 24.7. The summed E-state index contributed by atoms with van der Waals surface area (Å²) in [6.45, 7) is 0. The lowest BCUT2D eigenvalue weighted by Crippen LogP contribution is -2.07. The lowest BCUT2D eigenvalue weighted by Gasteiger charge is -2.18. The highest BCUT2D eigenvalue weighted by Crippen LogP contribution is 2.40. The number of hydrogen-bond donors (Lipinski definition) is 1. The maximum absolute atomic E-state index is 13.3. The minimum absolute atomic E-state index is 0.0515. The molecule has 0 saturated carbocycles. The number of carboxylic acids is 1. The second kappa shape index (κ2) is 8.80. The molecule has 28 heavy (non-hydrogen) atoms. The van der Waals surface area contributed by atoms with Crippen LogP contribution in [0.4, 0.5) is 8.78 Å². The molecule has 0 saturated heterocycles. The largest absolute Gasteiger partial charge is 0.478 e. The summed E-state index contributed by atoms with van der Waals surface area (Å²) in [7, 11) is 0. The van der Waals surface area contributed by atoms with Crippen molar-refractivity contribution in [2.24, 2.45) is 0 Å². The van der Waals surface area contributed by atoms with Gasteiger partial charge in [-0.25, -0.2) is 13.6 Å². The molecule has 3 aromatic carbocycles. The summed E-state index contributed by atoms with van der Waals surface area (Å²) in [6.07, 6.45) is 0.0515. The van der Waals surface area contributed by atoms with Gasteiger partial charge >= 0.3 is 5.97 Å². The molecule has 0 spiro atoms. The predicted octanol–water partition coefficient (Wildman–Crippen LogP) is 5.77. The number of Topliss-reactive ketones (excluding diaryl/α,β-unsaturated/α-hetero) is 1. The fourth-order valence-corrected chi connectivity index (χ4v) is 4.00. The Labute approximate surface area is 165 Å². The Morgan fingerprint density at radius 3 is 2.04 bits per heavy atom. The second-order valence-corrected chi connectivity index (χ2v) is 7.34. The Morgan fingerprint density at radius 1 is 0.857 bits per heavy atom. The maximum Gasteiger partial charge on any atom is 0.336 e. The van der Waals surface area contributed by atoms with Gasteiger partial charge in [0.2, 0.25) is 0 Å². The number of ketones is 1. The van der Waals surface area contributed by atoms with Crippen LogP contribution in [-0.2, 0) is 0 Å². The van der Waals surface area contributed by atoms with Crippen molar-refractivity contribution >= 4 is 23.5 Å². The summed E-state index contributed by atoms with van der Waals surface area (Å²) < 4.78 is 26.4. The molecular formula is C22H16F2O3S. The van der Waals surface area contributed by atoms with E-state index in [0.717, 1.165) is 0 Å². The molecule has 1 N–H and O–H groups in total. The molecule has 3 aromatic rings. The van der Waals surface area contributed by atoms with E-state index in [0.29, 0.717) is 16.0 Å². The molecule has 1 atom stereocenters. The van der Waals surface area contributed by atoms with E-state index >= 15 is 0 Å². The third kappa shape index (κ3) is 4.84. The molecule has 0 aromatic heterocycles. The molecule has 0 radical (unpaired) electrons. The topological polar surface area (TPSA) is 54.4 Å². The number of hydrogen-bond acceptors (Lipinski definition) is 3. The maximum atomic E-state index is 13.3. The number of carbonyl (C=O) groups is 2. The van der Waals surface area contributed by atoms with Crippen molar-refractivity contribution < 1.29 is 23.5 Å². The van der Waals surface area contributed by atoms with E-state index < -0.39 is 22.9 Å². The van der Waals surface area contributed by atoms with Crippen LogP contribution >= 0.6 is 11.8 Å². The number of carbonyl (C=O) groups excluding carboxylic acids is 1. The molecule has 142 valence electrons. The number of benzene rings is 3. The van der Waals surface area contributed by atoms with Crippen molar-refractivity contribution in [2.45, 2.75) is 16.6 Å². The first-order chi connectivity index (χ1) is 13.4. The van der Waals surface area contributed by atoms with Gasteiger partial charge in [0, 0.05) is 22.1 Å². The van der Waals surface area contributed by atoms with E-state index in [9.17, 15) is 23.5 Å². The van der Waals surface area contributed by atoms with Crippen molar-refractivity contribution in [3.05, 3.63) is 101 Å². The summed E-state index contributed by atoms with van der Waals surface area (Å²) in [5.74, 6) is -2.11. The van der Waals surface area contributed by atoms with Gasteiger partial charge < -0.3 is 5.11 Å². The van der Waals surface area contributed by atoms with Crippen LogP contribution < -0.4 is 0 Å². The van der Waals surface area contributed by atoms with Crippen LogP contribution in [0.15, 0.2) is 77.7 Å². The van der Waals surface area contributed by atoms with Crippen molar-refractivity contribution in [3.63, 3.8) is 0 Å². The average Bonchev–Trinajstić information content (AvgIpc) is 2.69. The van der Waals surface area contributed by atoms with Crippen LogP contribution in [0.25, 0.3) is 0 Å². The van der Waals surface area contributed by atoms with Crippen LogP contribution in [0.1, 0.15) is 38.0 Å². The highest BCUT2D eigenvalue weighted by molar-refractivity contribution is 7.99. The van der Waals surface area contributed by atoms with Crippen molar-refractivity contribution in [3.8, 4) is 0 Å². The van der Waals surface area contributed by atoms with Gasteiger partial charge in [0.1, 0.15) is 11.6 Å². The van der Waals surface area contributed by atoms with Crippen LogP contribution in [0, 0.1) is 11.6 Å². The molecule has 0 bridgehead atoms. The van der Waals surface area contributed by atoms with Crippen LogP contribution in [-0.4, -0.2) is 16.9 Å². The minimum atomic E-state index is -1.06. The molecule has 0 aliphatic carbocycles. The lowest BCUT2D eigenvalue weighted by atomic mass is 10.0. The molecule has 0 aliphatic heterocycles. The summed E-state index contributed by atoms with van der Waals surface area (Å²) >= 11 is 1.23. The van der Waals surface area contributed by atoms with Crippen molar-refractivity contribution in [1.82, 2.24) is 0 Å². The molecule has 3 rings (SSSR count).